The van der Waals surface area contributed by atoms with Gasteiger partial charge in [-0.05, 0) is 32.2 Å². The van der Waals surface area contributed by atoms with Gasteiger partial charge in [-0.1, -0.05) is 36.4 Å². The summed E-state index contributed by atoms with van der Waals surface area (Å²) in [7, 11) is -2.94. The molecule has 0 bridgehead atoms. The molecule has 1 fully saturated rings. The molecule has 3 heterocycles. The van der Waals surface area contributed by atoms with E-state index >= 15 is 0 Å². The number of rotatable bonds is 11. The van der Waals surface area contributed by atoms with Gasteiger partial charge in [0, 0.05) is 5.39 Å². The number of imidazole rings is 1. The van der Waals surface area contributed by atoms with Crippen LogP contribution in [-0.2, 0) is 23.4 Å². The number of carbonyl (C=O) groups excluding carboxylic acids is 1. The summed E-state index contributed by atoms with van der Waals surface area (Å²) >= 11 is 0. The van der Waals surface area contributed by atoms with Crippen molar-refractivity contribution in [3.8, 4) is 17.7 Å². The fourth-order valence-corrected chi connectivity index (χ4v) is 6.48. The Morgan fingerprint density at radius 3 is 2.77 bits per heavy atom. The van der Waals surface area contributed by atoms with Gasteiger partial charge in [0.15, 0.2) is 17.4 Å². The second-order valence-corrected chi connectivity index (χ2v) is 11.9. The van der Waals surface area contributed by atoms with Crippen LogP contribution >= 0.6 is 7.75 Å². The Bertz CT molecular complexity index is 1770. The first-order chi connectivity index (χ1) is 21.0. The number of aromatic nitrogens is 4. The maximum atomic E-state index is 14.2. The third-order valence-electron chi connectivity index (χ3n) is 7.25. The summed E-state index contributed by atoms with van der Waals surface area (Å²) in [6.07, 6.45) is -2.35. The van der Waals surface area contributed by atoms with Gasteiger partial charge in [-0.2, -0.15) is 20.3 Å². The van der Waals surface area contributed by atoms with Crippen molar-refractivity contribution >= 4 is 41.6 Å². The quantitative estimate of drug-likeness (QED) is 0.162. The van der Waals surface area contributed by atoms with Crippen molar-refractivity contribution < 1.29 is 37.7 Å². The van der Waals surface area contributed by atoms with Crippen LogP contribution in [0, 0.1) is 16.7 Å². The number of fused-ring (bicyclic) bond motifs is 2. The molecule has 0 amide bonds. The van der Waals surface area contributed by atoms with E-state index in [0.717, 1.165) is 5.39 Å². The average molecular weight is 626 g/mol. The maximum Gasteiger partial charge on any atom is 0.459 e. The molecule has 0 saturated carbocycles. The Labute approximate surface area is 252 Å². The molecule has 0 aliphatic carbocycles. The molecule has 2 aromatic heterocycles. The summed E-state index contributed by atoms with van der Waals surface area (Å²) in [6, 6.07) is 13.5. The number of aliphatic hydroxyl groups is 1. The van der Waals surface area contributed by atoms with E-state index in [9.17, 15) is 19.7 Å². The van der Waals surface area contributed by atoms with E-state index < -0.39 is 50.2 Å². The van der Waals surface area contributed by atoms with Crippen molar-refractivity contribution in [2.75, 3.05) is 26.1 Å². The van der Waals surface area contributed by atoms with E-state index in [0.29, 0.717) is 5.39 Å². The fourth-order valence-electron chi connectivity index (χ4n) is 4.96. The molecule has 16 heteroatoms. The number of hydrogen-bond donors (Lipinski definition) is 3. The Kier molecular flexibility index (Phi) is 8.73. The molecule has 0 radical (unpaired) electrons. The number of benzene rings is 2. The van der Waals surface area contributed by atoms with Crippen LogP contribution in [0.15, 0.2) is 48.8 Å². The lowest BCUT2D eigenvalue weighted by Gasteiger charge is -2.26. The number of esters is 1. The van der Waals surface area contributed by atoms with Crippen molar-refractivity contribution in [2.45, 2.75) is 45.2 Å². The number of ether oxygens (including phenoxy) is 3. The van der Waals surface area contributed by atoms with Crippen LogP contribution in [-0.4, -0.2) is 69.2 Å². The number of carbonyl (C=O) groups is 1. The standard InChI is InChI=1S/C28H32N7O8P/c1-5-40-25(37)16(2)34-44(38,43-19-12-8-10-17-9-6-7-11-18(17)19)41-13-20-22(36)28(3,14-29)26(42-20)35-15-31-21-23(35)32-27(30)33-24(21)39-4/h6-12,15-16,20,22,26,36H,5,13H2,1-4H3,(H,34,38)(H2,30,32,33)/t16-,20+,22+,26+,28+,44?/m0/s1. The van der Waals surface area contributed by atoms with Gasteiger partial charge in [-0.3, -0.25) is 13.9 Å². The Balaban J connectivity index is 1.44. The molecule has 5 rings (SSSR count). The minimum atomic E-state index is -4.34. The second-order valence-electron chi connectivity index (χ2n) is 10.2. The van der Waals surface area contributed by atoms with Crippen molar-refractivity contribution in [3.63, 3.8) is 0 Å². The number of nitrogens with one attached hydrogen (secondary N) is 1. The van der Waals surface area contributed by atoms with E-state index in [4.69, 9.17) is 29.0 Å². The Hall–Kier alpha value is -4.32. The van der Waals surface area contributed by atoms with Crippen LogP contribution in [0.1, 0.15) is 27.0 Å². The molecular weight excluding hydrogens is 593 g/mol. The molecule has 1 unspecified atom stereocenters. The first-order valence-electron chi connectivity index (χ1n) is 13.7. The van der Waals surface area contributed by atoms with Crippen LogP contribution in [0.5, 0.6) is 11.6 Å². The molecule has 4 aromatic rings. The number of hydrogen-bond acceptors (Lipinski definition) is 13. The number of nitrogens with two attached hydrogens (primary N) is 1. The number of anilines is 1. The van der Waals surface area contributed by atoms with Gasteiger partial charge in [0.05, 0.1) is 32.7 Å². The van der Waals surface area contributed by atoms with Crippen molar-refractivity contribution in [1.29, 1.82) is 5.26 Å². The number of aliphatic hydroxyl groups excluding tert-OH is 1. The molecule has 1 saturated heterocycles. The number of nitrogens with zero attached hydrogens (tertiary/aromatic N) is 5. The third-order valence-corrected chi connectivity index (χ3v) is 8.88. The van der Waals surface area contributed by atoms with E-state index in [1.807, 2.05) is 18.2 Å². The molecule has 232 valence electrons. The van der Waals surface area contributed by atoms with Crippen LogP contribution in [0.4, 0.5) is 5.95 Å². The molecule has 4 N–H and O–H groups in total. The Morgan fingerprint density at radius 2 is 2.05 bits per heavy atom. The van der Waals surface area contributed by atoms with Crippen LogP contribution in [0.2, 0.25) is 0 Å². The van der Waals surface area contributed by atoms with E-state index in [1.54, 1.807) is 31.2 Å². The molecule has 15 nitrogen and oxygen atoms in total. The van der Waals surface area contributed by atoms with Gasteiger partial charge in [0.1, 0.15) is 29.4 Å². The van der Waals surface area contributed by atoms with E-state index in [2.05, 4.69) is 26.1 Å². The fraction of sp³-hybridized carbons (Fsp3) is 0.393. The highest BCUT2D eigenvalue weighted by Crippen LogP contribution is 2.50. The van der Waals surface area contributed by atoms with Crippen LogP contribution in [0.3, 0.4) is 0 Å². The molecular formula is C28H32N7O8P. The topological polar surface area (TPSA) is 206 Å². The zero-order chi connectivity index (χ0) is 31.6. The normalized spacial score (nSPS) is 23.6. The zero-order valence-corrected chi connectivity index (χ0v) is 25.3. The lowest BCUT2D eigenvalue weighted by Crippen LogP contribution is -2.39. The van der Waals surface area contributed by atoms with Gasteiger partial charge >= 0.3 is 13.7 Å². The summed E-state index contributed by atoms with van der Waals surface area (Å²) in [5.74, 6) is -0.410. The monoisotopic (exact) mass is 625 g/mol. The highest BCUT2D eigenvalue weighted by atomic mass is 31.2. The van der Waals surface area contributed by atoms with Gasteiger partial charge < -0.3 is 29.6 Å². The van der Waals surface area contributed by atoms with Gasteiger partial charge in [0.2, 0.25) is 11.8 Å². The highest BCUT2D eigenvalue weighted by Gasteiger charge is 2.56. The second kappa shape index (κ2) is 12.4. The van der Waals surface area contributed by atoms with Gasteiger partial charge in [-0.25, -0.2) is 9.55 Å². The van der Waals surface area contributed by atoms with Gasteiger partial charge in [-0.15, -0.1) is 0 Å². The predicted molar refractivity (Wildman–Crippen MR) is 157 cm³/mol. The number of methoxy groups -OCH3 is 1. The summed E-state index contributed by atoms with van der Waals surface area (Å²) in [6.45, 7) is 4.22. The van der Waals surface area contributed by atoms with Crippen LogP contribution in [0.25, 0.3) is 21.9 Å². The van der Waals surface area contributed by atoms with Crippen LogP contribution < -0.4 is 20.1 Å². The molecule has 0 spiro atoms. The predicted octanol–water partition coefficient (Wildman–Crippen LogP) is 3.10. The first-order valence-corrected chi connectivity index (χ1v) is 15.2. The summed E-state index contributed by atoms with van der Waals surface area (Å²) < 4.78 is 43.8. The first kappa shape index (κ1) is 31.1. The smallest absolute Gasteiger partial charge is 0.459 e. The highest BCUT2D eigenvalue weighted by molar-refractivity contribution is 7.52. The lowest BCUT2D eigenvalue weighted by molar-refractivity contribution is -0.144. The van der Waals surface area contributed by atoms with Crippen molar-refractivity contribution in [1.82, 2.24) is 24.6 Å². The third kappa shape index (κ3) is 5.78. The minimum absolute atomic E-state index is 0.0958. The number of nitriles is 1. The molecule has 6 atom stereocenters. The summed E-state index contributed by atoms with van der Waals surface area (Å²) in [4.78, 5) is 24.9. The largest absolute Gasteiger partial charge is 0.479 e. The van der Waals surface area contributed by atoms with E-state index in [-0.39, 0.29) is 35.3 Å². The SMILES string of the molecule is CCOC(=O)[C@H](C)NP(=O)(OC[C@H]1O[C@@H](n2cnc3c(OC)nc(N)nc32)[C@](C)(C#N)[C@@H]1O)Oc1cccc2ccccc12. The Morgan fingerprint density at radius 1 is 1.30 bits per heavy atom. The van der Waals surface area contributed by atoms with Crippen molar-refractivity contribution in [2.24, 2.45) is 5.41 Å². The van der Waals surface area contributed by atoms with Crippen molar-refractivity contribution in [3.05, 3.63) is 48.8 Å². The molecule has 44 heavy (non-hydrogen) atoms. The zero-order valence-electron chi connectivity index (χ0n) is 24.4. The summed E-state index contributed by atoms with van der Waals surface area (Å²) in [5.41, 5.74) is 4.79. The minimum Gasteiger partial charge on any atom is -0.479 e. The van der Waals surface area contributed by atoms with E-state index in [1.165, 1.54) is 31.9 Å². The number of nitrogen functional groups attached to an aromatic ring is 1. The summed E-state index contributed by atoms with van der Waals surface area (Å²) in [5, 5.41) is 25.6. The lowest BCUT2D eigenvalue weighted by atomic mass is 9.84. The molecule has 2 aromatic carbocycles. The molecule has 1 aliphatic rings. The average Bonchev–Trinajstić information content (AvgIpc) is 3.54. The van der Waals surface area contributed by atoms with Gasteiger partial charge in [0.25, 0.3) is 0 Å². The molecule has 1 aliphatic heterocycles. The maximum absolute atomic E-state index is 14.2.